The van der Waals surface area contributed by atoms with E-state index < -0.39 is 0 Å². The van der Waals surface area contributed by atoms with E-state index in [9.17, 15) is 0 Å². The summed E-state index contributed by atoms with van der Waals surface area (Å²) in [5, 5.41) is 3.09. The lowest BCUT2D eigenvalue weighted by Gasteiger charge is -2.12. The maximum Gasteiger partial charge on any atom is 0.188 e. The van der Waals surface area contributed by atoms with Crippen molar-refractivity contribution in [3.63, 3.8) is 0 Å². The number of nitrogens with zero attached hydrogens (tertiary/aromatic N) is 1. The fraction of sp³-hybridized carbons (Fsp3) is 0.471. The molecule has 0 heterocycles. The van der Waals surface area contributed by atoms with E-state index in [4.69, 9.17) is 15.2 Å². The summed E-state index contributed by atoms with van der Waals surface area (Å²) >= 11 is 0. The Morgan fingerprint density at radius 1 is 1.23 bits per heavy atom. The summed E-state index contributed by atoms with van der Waals surface area (Å²) in [6.07, 6.45) is 0.829. The molecule has 5 nitrogen and oxygen atoms in total. The highest BCUT2D eigenvalue weighted by atomic mass is 16.5. The Kier molecular flexibility index (Phi) is 7.89. The van der Waals surface area contributed by atoms with E-state index in [-0.39, 0.29) is 0 Å². The van der Waals surface area contributed by atoms with Gasteiger partial charge in [0.2, 0.25) is 0 Å². The molecular weight excluding hydrogens is 278 g/mol. The second-order valence-electron chi connectivity index (χ2n) is 4.98. The normalized spacial score (nSPS) is 11.1. The van der Waals surface area contributed by atoms with Crippen LogP contribution in [0.15, 0.2) is 35.3 Å². The predicted octanol–water partition coefficient (Wildman–Crippen LogP) is 2.51. The fourth-order valence-corrected chi connectivity index (χ4v) is 1.86. The molecule has 22 heavy (non-hydrogen) atoms. The lowest BCUT2D eigenvalue weighted by atomic mass is 10.1. The van der Waals surface area contributed by atoms with Crippen molar-refractivity contribution in [2.75, 3.05) is 26.3 Å². The SMILES string of the molecule is C=C(C)CN=C(N)NCCc1ccc(OCC)c(OCC)c1. The van der Waals surface area contributed by atoms with Gasteiger partial charge in [0, 0.05) is 6.54 Å². The highest BCUT2D eigenvalue weighted by molar-refractivity contribution is 5.77. The van der Waals surface area contributed by atoms with Gasteiger partial charge in [-0.25, -0.2) is 4.99 Å². The minimum absolute atomic E-state index is 0.443. The molecule has 0 saturated heterocycles. The van der Waals surface area contributed by atoms with Crippen LogP contribution in [0.3, 0.4) is 0 Å². The molecule has 0 aliphatic heterocycles. The molecule has 0 aromatic heterocycles. The van der Waals surface area contributed by atoms with Crippen LogP contribution in [-0.4, -0.2) is 32.3 Å². The second-order valence-corrected chi connectivity index (χ2v) is 4.98. The summed E-state index contributed by atoms with van der Waals surface area (Å²) in [6.45, 7) is 12.1. The van der Waals surface area contributed by atoms with Crippen molar-refractivity contribution in [1.82, 2.24) is 5.32 Å². The van der Waals surface area contributed by atoms with Gasteiger partial charge in [-0.2, -0.15) is 0 Å². The summed E-state index contributed by atoms with van der Waals surface area (Å²) < 4.78 is 11.2. The van der Waals surface area contributed by atoms with Crippen molar-refractivity contribution in [3.8, 4) is 11.5 Å². The van der Waals surface area contributed by atoms with Gasteiger partial charge < -0.3 is 20.5 Å². The zero-order valence-corrected chi connectivity index (χ0v) is 13.8. The Morgan fingerprint density at radius 2 is 1.91 bits per heavy atom. The molecule has 1 aromatic carbocycles. The zero-order chi connectivity index (χ0) is 16.4. The van der Waals surface area contributed by atoms with Crippen molar-refractivity contribution in [2.45, 2.75) is 27.2 Å². The Hall–Kier alpha value is -2.17. The van der Waals surface area contributed by atoms with Crippen LogP contribution in [0.25, 0.3) is 0 Å². The summed E-state index contributed by atoms with van der Waals surface area (Å²) in [6, 6.07) is 6.00. The topological polar surface area (TPSA) is 68.9 Å². The number of benzene rings is 1. The third kappa shape index (κ3) is 6.52. The van der Waals surface area contributed by atoms with Gasteiger partial charge in [-0.05, 0) is 44.9 Å². The van der Waals surface area contributed by atoms with Gasteiger partial charge in [-0.1, -0.05) is 18.2 Å². The molecule has 0 atom stereocenters. The summed E-state index contributed by atoms with van der Waals surface area (Å²) in [5.41, 5.74) is 7.92. The number of hydrogen-bond donors (Lipinski definition) is 2. The zero-order valence-electron chi connectivity index (χ0n) is 13.8. The molecule has 0 bridgehead atoms. The van der Waals surface area contributed by atoms with E-state index in [1.165, 1.54) is 0 Å². The predicted molar refractivity (Wildman–Crippen MR) is 91.8 cm³/mol. The van der Waals surface area contributed by atoms with E-state index >= 15 is 0 Å². The smallest absolute Gasteiger partial charge is 0.188 e. The lowest BCUT2D eigenvalue weighted by molar-refractivity contribution is 0.287. The summed E-state index contributed by atoms with van der Waals surface area (Å²) in [7, 11) is 0. The third-order valence-corrected chi connectivity index (χ3v) is 2.85. The van der Waals surface area contributed by atoms with E-state index in [1.54, 1.807) is 0 Å². The molecule has 5 heteroatoms. The average Bonchev–Trinajstić information content (AvgIpc) is 2.48. The van der Waals surface area contributed by atoms with Crippen molar-refractivity contribution < 1.29 is 9.47 Å². The minimum atomic E-state index is 0.443. The Balaban J connectivity index is 2.57. The number of nitrogens with two attached hydrogens (primary N) is 1. The second kappa shape index (κ2) is 9.71. The van der Waals surface area contributed by atoms with E-state index in [0.717, 1.165) is 29.1 Å². The van der Waals surface area contributed by atoms with Gasteiger partial charge in [0.15, 0.2) is 17.5 Å². The molecule has 1 aromatic rings. The molecule has 0 spiro atoms. The van der Waals surface area contributed by atoms with E-state index in [2.05, 4.69) is 16.9 Å². The monoisotopic (exact) mass is 305 g/mol. The van der Waals surface area contributed by atoms with E-state index in [1.807, 2.05) is 39.0 Å². The van der Waals surface area contributed by atoms with Crippen LogP contribution >= 0.6 is 0 Å². The standard InChI is InChI=1S/C17H27N3O2/c1-5-21-15-8-7-14(11-16(15)22-6-2)9-10-19-17(18)20-12-13(3)4/h7-8,11H,3,5-6,9-10,12H2,1-2,4H3,(H3,18,19,20). The minimum Gasteiger partial charge on any atom is -0.490 e. The van der Waals surface area contributed by atoms with Crippen LogP contribution in [0.4, 0.5) is 0 Å². The van der Waals surface area contributed by atoms with Crippen LogP contribution in [0, 0.1) is 0 Å². The van der Waals surface area contributed by atoms with Crippen LogP contribution in [-0.2, 0) is 6.42 Å². The van der Waals surface area contributed by atoms with Crippen LogP contribution in [0.5, 0.6) is 11.5 Å². The van der Waals surface area contributed by atoms with Crippen LogP contribution < -0.4 is 20.5 Å². The van der Waals surface area contributed by atoms with Crippen molar-refractivity contribution >= 4 is 5.96 Å². The Bertz CT molecular complexity index is 513. The van der Waals surface area contributed by atoms with Gasteiger partial charge in [-0.3, -0.25) is 0 Å². The molecule has 0 saturated carbocycles. The summed E-state index contributed by atoms with van der Waals surface area (Å²) in [5.74, 6) is 2.01. The van der Waals surface area contributed by atoms with Crippen LogP contribution in [0.2, 0.25) is 0 Å². The molecule has 0 aliphatic carbocycles. The first kappa shape index (κ1) is 17.9. The first-order chi connectivity index (χ1) is 10.6. The number of rotatable bonds is 9. The van der Waals surface area contributed by atoms with Crippen molar-refractivity contribution in [1.29, 1.82) is 0 Å². The lowest BCUT2D eigenvalue weighted by Crippen LogP contribution is -2.33. The molecular formula is C17H27N3O2. The molecule has 0 radical (unpaired) electrons. The van der Waals surface area contributed by atoms with Gasteiger partial charge >= 0.3 is 0 Å². The Labute approximate surface area is 133 Å². The third-order valence-electron chi connectivity index (χ3n) is 2.85. The molecule has 1 rings (SSSR count). The maximum atomic E-state index is 5.78. The first-order valence-electron chi connectivity index (χ1n) is 7.63. The molecule has 0 unspecified atom stereocenters. The number of nitrogens with one attached hydrogen (secondary N) is 1. The molecule has 122 valence electrons. The first-order valence-corrected chi connectivity index (χ1v) is 7.63. The van der Waals surface area contributed by atoms with Crippen molar-refractivity contribution in [2.24, 2.45) is 10.7 Å². The van der Waals surface area contributed by atoms with E-state index in [0.29, 0.717) is 32.3 Å². The molecule has 0 amide bonds. The number of aliphatic imine (C=N–C) groups is 1. The highest BCUT2D eigenvalue weighted by Crippen LogP contribution is 2.28. The summed E-state index contributed by atoms with van der Waals surface area (Å²) in [4.78, 5) is 4.18. The molecule has 3 N–H and O–H groups in total. The number of ether oxygens (including phenoxy) is 2. The molecule has 0 aliphatic rings. The van der Waals surface area contributed by atoms with Gasteiger partial charge in [0.1, 0.15) is 0 Å². The average molecular weight is 305 g/mol. The Morgan fingerprint density at radius 3 is 2.55 bits per heavy atom. The van der Waals surface area contributed by atoms with Gasteiger partial charge in [0.05, 0.1) is 19.8 Å². The van der Waals surface area contributed by atoms with Crippen LogP contribution in [0.1, 0.15) is 26.3 Å². The van der Waals surface area contributed by atoms with Gasteiger partial charge in [0.25, 0.3) is 0 Å². The highest BCUT2D eigenvalue weighted by Gasteiger charge is 2.06. The number of hydrogen-bond acceptors (Lipinski definition) is 3. The largest absolute Gasteiger partial charge is 0.490 e. The molecule has 0 fully saturated rings. The quantitative estimate of drug-likeness (QED) is 0.418. The maximum absolute atomic E-state index is 5.78. The van der Waals surface area contributed by atoms with Gasteiger partial charge in [-0.15, -0.1) is 0 Å². The number of guanidine groups is 1. The fourth-order valence-electron chi connectivity index (χ4n) is 1.86. The van der Waals surface area contributed by atoms with Crippen molar-refractivity contribution in [3.05, 3.63) is 35.9 Å².